The van der Waals surface area contributed by atoms with Crippen LogP contribution in [0.25, 0.3) is 0 Å². The van der Waals surface area contributed by atoms with E-state index >= 15 is 0 Å². The zero-order valence-corrected chi connectivity index (χ0v) is 11.1. The first-order chi connectivity index (χ1) is 8.41. The van der Waals surface area contributed by atoms with E-state index in [2.05, 4.69) is 0 Å². The van der Waals surface area contributed by atoms with Crippen molar-refractivity contribution in [1.29, 1.82) is 0 Å². The lowest BCUT2D eigenvalue weighted by Crippen LogP contribution is -2.18. The maximum atomic E-state index is 13.4. The summed E-state index contributed by atoms with van der Waals surface area (Å²) in [4.78, 5) is 0. The van der Waals surface area contributed by atoms with E-state index in [4.69, 9.17) is 5.73 Å². The van der Waals surface area contributed by atoms with E-state index in [-0.39, 0.29) is 18.8 Å². The zero-order valence-electron chi connectivity index (χ0n) is 10.3. The van der Waals surface area contributed by atoms with Gasteiger partial charge in [0.1, 0.15) is 0 Å². The van der Waals surface area contributed by atoms with Crippen LogP contribution in [0.15, 0.2) is 0 Å². The van der Waals surface area contributed by atoms with Gasteiger partial charge in [0, 0.05) is 11.6 Å². The summed E-state index contributed by atoms with van der Waals surface area (Å²) in [6.07, 6.45) is 2.39. The Morgan fingerprint density at radius 2 is 1.26 bits per heavy atom. The van der Waals surface area contributed by atoms with Gasteiger partial charge in [-0.1, -0.05) is 26.2 Å². The normalized spacial score (nSPS) is 12.2. The van der Waals surface area contributed by atoms with Crippen LogP contribution >= 0.6 is 12.4 Å². The molecule has 2 N–H and O–H groups in total. The Morgan fingerprint density at radius 3 is 1.68 bits per heavy atom. The minimum absolute atomic E-state index is 0. The molecule has 0 bridgehead atoms. The highest BCUT2D eigenvalue weighted by atomic mass is 35.5. The first-order valence-electron chi connectivity index (χ1n) is 5.68. The number of hydrogen-bond acceptors (Lipinski definition) is 1. The Balaban J connectivity index is 0.00000324. The summed E-state index contributed by atoms with van der Waals surface area (Å²) in [6, 6.07) is -1.19. The van der Waals surface area contributed by atoms with E-state index in [1.807, 2.05) is 6.92 Å². The molecule has 0 aliphatic carbocycles. The van der Waals surface area contributed by atoms with Gasteiger partial charge in [0.25, 0.3) is 0 Å². The molecule has 0 saturated heterocycles. The Morgan fingerprint density at radius 1 is 0.842 bits per heavy atom. The maximum Gasteiger partial charge on any atom is 0.200 e. The molecule has 0 amide bonds. The molecule has 0 fully saturated rings. The third kappa shape index (κ3) is 3.79. The van der Waals surface area contributed by atoms with Gasteiger partial charge in [-0.05, 0) is 6.42 Å². The third-order valence-corrected chi connectivity index (χ3v) is 2.73. The van der Waals surface area contributed by atoms with Gasteiger partial charge in [-0.15, -0.1) is 12.4 Å². The highest BCUT2D eigenvalue weighted by Crippen LogP contribution is 2.28. The van der Waals surface area contributed by atoms with Crippen molar-refractivity contribution in [2.45, 2.75) is 38.6 Å². The lowest BCUT2D eigenvalue weighted by molar-refractivity contribution is 0.361. The Kier molecular flexibility index (Phi) is 7.29. The van der Waals surface area contributed by atoms with Crippen molar-refractivity contribution in [1.82, 2.24) is 0 Å². The molecule has 1 atom stereocenters. The van der Waals surface area contributed by atoms with Crippen molar-refractivity contribution in [2.24, 2.45) is 5.73 Å². The molecule has 1 aromatic rings. The molecule has 19 heavy (non-hydrogen) atoms. The number of halogens is 6. The van der Waals surface area contributed by atoms with E-state index in [0.29, 0.717) is 6.42 Å². The van der Waals surface area contributed by atoms with Crippen molar-refractivity contribution in [2.75, 3.05) is 0 Å². The summed E-state index contributed by atoms with van der Waals surface area (Å²) in [7, 11) is 0. The highest BCUT2D eigenvalue weighted by molar-refractivity contribution is 5.85. The standard InChI is InChI=1S/C12H14F5N.ClH/c1-2-3-4-5-6(18)7-8(13)10(15)12(17)11(16)9(7)14;/h6H,2-5,18H2,1H3;1H/t6-;/m1./s1. The van der Waals surface area contributed by atoms with Crippen LogP contribution < -0.4 is 5.73 Å². The lowest BCUT2D eigenvalue weighted by atomic mass is 9.99. The van der Waals surface area contributed by atoms with Crippen LogP contribution in [0.2, 0.25) is 0 Å². The van der Waals surface area contributed by atoms with Crippen LogP contribution in [-0.2, 0) is 0 Å². The second kappa shape index (κ2) is 7.65. The van der Waals surface area contributed by atoms with E-state index in [1.54, 1.807) is 0 Å². The smallest absolute Gasteiger partial charge is 0.200 e. The lowest BCUT2D eigenvalue weighted by Gasteiger charge is -2.15. The molecule has 7 heteroatoms. The average Bonchev–Trinajstić information content (AvgIpc) is 2.34. The summed E-state index contributed by atoms with van der Waals surface area (Å²) in [5.41, 5.74) is 4.56. The van der Waals surface area contributed by atoms with Crippen molar-refractivity contribution >= 4 is 12.4 Å². The van der Waals surface area contributed by atoms with Crippen LogP contribution in [0.5, 0.6) is 0 Å². The predicted octanol–water partition coefficient (Wildman–Crippen LogP) is 4.38. The fraction of sp³-hybridized carbons (Fsp3) is 0.500. The van der Waals surface area contributed by atoms with Gasteiger partial charge in [0.2, 0.25) is 5.82 Å². The molecule has 0 spiro atoms. The van der Waals surface area contributed by atoms with Gasteiger partial charge in [-0.3, -0.25) is 0 Å². The number of unbranched alkanes of at least 4 members (excludes halogenated alkanes) is 2. The Hall–Kier alpha value is -0.880. The van der Waals surface area contributed by atoms with Crippen LogP contribution in [0, 0.1) is 29.1 Å². The molecule has 0 aliphatic heterocycles. The Bertz CT molecular complexity index is 410. The van der Waals surface area contributed by atoms with Gasteiger partial charge in [0.05, 0.1) is 0 Å². The van der Waals surface area contributed by atoms with Gasteiger partial charge in [-0.25, -0.2) is 22.0 Å². The first kappa shape index (κ1) is 18.1. The summed E-state index contributed by atoms with van der Waals surface area (Å²) >= 11 is 0. The fourth-order valence-electron chi connectivity index (χ4n) is 1.71. The molecule has 0 aromatic heterocycles. The van der Waals surface area contributed by atoms with Gasteiger partial charge in [0.15, 0.2) is 23.3 Å². The molecule has 0 saturated carbocycles. The highest BCUT2D eigenvalue weighted by Gasteiger charge is 2.28. The predicted molar refractivity (Wildman–Crippen MR) is 64.6 cm³/mol. The zero-order chi connectivity index (χ0) is 13.9. The maximum absolute atomic E-state index is 13.4. The number of benzene rings is 1. The molecule has 110 valence electrons. The molecule has 1 nitrogen and oxygen atoms in total. The molecule has 0 aliphatic rings. The van der Waals surface area contributed by atoms with Crippen molar-refractivity contribution in [3.05, 3.63) is 34.6 Å². The van der Waals surface area contributed by atoms with Gasteiger partial charge < -0.3 is 5.73 Å². The second-order valence-corrected chi connectivity index (χ2v) is 4.09. The summed E-state index contributed by atoms with van der Waals surface area (Å²) in [6.45, 7) is 1.92. The van der Waals surface area contributed by atoms with E-state index < -0.39 is 40.7 Å². The van der Waals surface area contributed by atoms with E-state index in [1.165, 1.54) is 0 Å². The largest absolute Gasteiger partial charge is 0.324 e. The summed E-state index contributed by atoms with van der Waals surface area (Å²) < 4.78 is 65.4. The first-order valence-corrected chi connectivity index (χ1v) is 5.68. The molecule has 1 aromatic carbocycles. The van der Waals surface area contributed by atoms with Crippen LogP contribution in [0.4, 0.5) is 22.0 Å². The number of nitrogens with two attached hydrogens (primary N) is 1. The summed E-state index contributed by atoms with van der Waals surface area (Å²) in [5, 5.41) is 0. The molecule has 0 unspecified atom stereocenters. The van der Waals surface area contributed by atoms with E-state index in [9.17, 15) is 22.0 Å². The molecular weight excluding hydrogens is 289 g/mol. The van der Waals surface area contributed by atoms with Crippen molar-refractivity contribution in [3.63, 3.8) is 0 Å². The van der Waals surface area contributed by atoms with Gasteiger partial charge >= 0.3 is 0 Å². The quantitative estimate of drug-likeness (QED) is 0.371. The van der Waals surface area contributed by atoms with Crippen molar-refractivity contribution < 1.29 is 22.0 Å². The van der Waals surface area contributed by atoms with Gasteiger partial charge in [-0.2, -0.15) is 0 Å². The van der Waals surface area contributed by atoms with Crippen LogP contribution in [0.3, 0.4) is 0 Å². The fourth-order valence-corrected chi connectivity index (χ4v) is 1.71. The average molecular weight is 304 g/mol. The molecule has 1 rings (SSSR count). The SMILES string of the molecule is CCCCC[C@@H](N)c1c(F)c(F)c(F)c(F)c1F.Cl. The third-order valence-electron chi connectivity index (χ3n) is 2.73. The van der Waals surface area contributed by atoms with Crippen LogP contribution in [0.1, 0.15) is 44.2 Å². The minimum Gasteiger partial charge on any atom is -0.324 e. The molecule has 0 radical (unpaired) electrons. The number of rotatable bonds is 5. The molecular formula is C12H15ClF5N. The number of hydrogen-bond donors (Lipinski definition) is 1. The Labute approximate surface area is 114 Å². The summed E-state index contributed by atoms with van der Waals surface area (Å²) in [5.74, 6) is -9.73. The second-order valence-electron chi connectivity index (χ2n) is 4.09. The van der Waals surface area contributed by atoms with Crippen molar-refractivity contribution in [3.8, 4) is 0 Å². The van der Waals surface area contributed by atoms with Crippen LogP contribution in [-0.4, -0.2) is 0 Å². The molecule has 0 heterocycles. The van der Waals surface area contributed by atoms with E-state index in [0.717, 1.165) is 12.8 Å². The minimum atomic E-state index is -2.16. The topological polar surface area (TPSA) is 26.0 Å². The monoisotopic (exact) mass is 303 g/mol.